The number of carbonyl (C=O) groups excluding carboxylic acids is 1. The smallest absolute Gasteiger partial charge is 0.253 e. The Bertz CT molecular complexity index is 945. The highest BCUT2D eigenvalue weighted by molar-refractivity contribution is 6.07. The van der Waals surface area contributed by atoms with E-state index in [1.54, 1.807) is 31.4 Å². The summed E-state index contributed by atoms with van der Waals surface area (Å²) in [7, 11) is 3.26. The van der Waals surface area contributed by atoms with Crippen molar-refractivity contribution in [3.8, 4) is 11.5 Å². The highest BCUT2D eigenvalue weighted by Gasteiger charge is 2.20. The number of methoxy groups -OCH3 is 2. The molecule has 0 saturated heterocycles. The third kappa shape index (κ3) is 4.87. The summed E-state index contributed by atoms with van der Waals surface area (Å²) in [5, 5.41) is 0. The van der Waals surface area contributed by atoms with Crippen LogP contribution in [0.5, 0.6) is 11.5 Å². The van der Waals surface area contributed by atoms with Gasteiger partial charge in [0.25, 0.3) is 5.91 Å². The second-order valence-electron chi connectivity index (χ2n) is 7.00. The van der Waals surface area contributed by atoms with E-state index in [4.69, 9.17) is 9.47 Å². The zero-order valence-corrected chi connectivity index (χ0v) is 17.7. The molecule has 1 amide bonds. The number of benzene rings is 2. The molecule has 0 spiro atoms. The van der Waals surface area contributed by atoms with Gasteiger partial charge < -0.3 is 9.47 Å². The number of hydrogen-bond donors (Lipinski definition) is 0. The Balaban J connectivity index is 2.07. The van der Waals surface area contributed by atoms with Crippen LogP contribution in [0.15, 0.2) is 79.0 Å². The van der Waals surface area contributed by atoms with Crippen molar-refractivity contribution in [3.63, 3.8) is 0 Å². The van der Waals surface area contributed by atoms with Crippen LogP contribution in [0.3, 0.4) is 0 Å². The number of carbonyl (C=O) groups is 1. The molecule has 154 valence electrons. The van der Waals surface area contributed by atoms with Crippen molar-refractivity contribution in [2.75, 3.05) is 19.1 Å². The summed E-state index contributed by atoms with van der Waals surface area (Å²) >= 11 is 0. The van der Waals surface area contributed by atoms with Crippen LogP contribution in [0.25, 0.3) is 5.57 Å². The maximum absolute atomic E-state index is 13.3. The van der Waals surface area contributed by atoms with Crippen molar-refractivity contribution >= 4 is 17.3 Å². The summed E-state index contributed by atoms with van der Waals surface area (Å²) in [6.45, 7) is 3.95. The van der Waals surface area contributed by atoms with Crippen molar-refractivity contribution in [2.45, 2.75) is 19.9 Å². The van der Waals surface area contributed by atoms with Crippen molar-refractivity contribution in [1.82, 2.24) is 4.98 Å². The molecule has 0 N–H and O–H groups in total. The summed E-state index contributed by atoms with van der Waals surface area (Å²) in [5.41, 5.74) is 2.64. The molecule has 0 aliphatic rings. The fourth-order valence-electron chi connectivity index (χ4n) is 3.20. The monoisotopic (exact) mass is 402 g/mol. The quantitative estimate of drug-likeness (QED) is 0.524. The molecule has 0 aliphatic carbocycles. The summed E-state index contributed by atoms with van der Waals surface area (Å²) < 4.78 is 10.5. The van der Waals surface area contributed by atoms with Gasteiger partial charge in [-0.15, -0.1) is 0 Å². The number of nitrogens with zero attached hydrogens (tertiary/aromatic N) is 2. The van der Waals surface area contributed by atoms with E-state index in [0.29, 0.717) is 5.82 Å². The molecule has 0 radical (unpaired) electrons. The Morgan fingerprint density at radius 3 is 1.80 bits per heavy atom. The number of aromatic nitrogens is 1. The van der Waals surface area contributed by atoms with Crippen LogP contribution in [-0.2, 0) is 4.79 Å². The lowest BCUT2D eigenvalue weighted by Gasteiger charge is -2.25. The van der Waals surface area contributed by atoms with Crippen LogP contribution in [0.1, 0.15) is 25.0 Å². The van der Waals surface area contributed by atoms with E-state index >= 15 is 0 Å². The Kier molecular flexibility index (Phi) is 6.86. The number of rotatable bonds is 7. The Morgan fingerprint density at radius 1 is 0.867 bits per heavy atom. The highest BCUT2D eigenvalue weighted by Crippen LogP contribution is 2.28. The van der Waals surface area contributed by atoms with Gasteiger partial charge in [0, 0.05) is 18.3 Å². The number of hydrogen-bond acceptors (Lipinski definition) is 4. The normalized spacial score (nSPS) is 10.4. The summed E-state index contributed by atoms with van der Waals surface area (Å²) in [6, 6.07) is 20.8. The van der Waals surface area contributed by atoms with Gasteiger partial charge in [-0.1, -0.05) is 30.3 Å². The third-order valence-corrected chi connectivity index (χ3v) is 4.72. The molecule has 5 heteroatoms. The fourth-order valence-corrected chi connectivity index (χ4v) is 3.20. The van der Waals surface area contributed by atoms with Gasteiger partial charge in [0.2, 0.25) is 0 Å². The zero-order chi connectivity index (χ0) is 21.5. The van der Waals surface area contributed by atoms with Crippen LogP contribution in [0, 0.1) is 0 Å². The molecule has 0 aliphatic heterocycles. The summed E-state index contributed by atoms with van der Waals surface area (Å²) in [6.07, 6.45) is 3.36. The second-order valence-corrected chi connectivity index (χ2v) is 7.00. The van der Waals surface area contributed by atoms with E-state index in [-0.39, 0.29) is 11.9 Å². The Morgan fingerprint density at radius 2 is 1.40 bits per heavy atom. The van der Waals surface area contributed by atoms with Gasteiger partial charge in [-0.2, -0.15) is 0 Å². The van der Waals surface area contributed by atoms with Gasteiger partial charge in [0.1, 0.15) is 17.3 Å². The summed E-state index contributed by atoms with van der Waals surface area (Å²) in [4.78, 5) is 19.4. The maximum atomic E-state index is 13.3. The van der Waals surface area contributed by atoms with Crippen LogP contribution in [-0.4, -0.2) is 31.2 Å². The zero-order valence-electron chi connectivity index (χ0n) is 17.7. The molecule has 30 heavy (non-hydrogen) atoms. The molecule has 1 aromatic heterocycles. The van der Waals surface area contributed by atoms with Crippen LogP contribution in [0.4, 0.5) is 5.82 Å². The first-order valence-corrected chi connectivity index (χ1v) is 9.78. The Hall–Kier alpha value is -3.60. The standard InChI is InChI=1S/C25H26N2O3/c1-18(2)27(24-7-5-6-16-26-24)25(28)17-23(19-8-12-21(29-3)13-9-19)20-10-14-22(30-4)15-11-20/h5-18H,1-4H3. The predicted octanol–water partition coefficient (Wildman–Crippen LogP) is 4.97. The van der Waals surface area contributed by atoms with Gasteiger partial charge in [0.05, 0.1) is 14.2 Å². The number of anilines is 1. The van der Waals surface area contributed by atoms with Crippen LogP contribution >= 0.6 is 0 Å². The van der Waals surface area contributed by atoms with Gasteiger partial charge in [0.15, 0.2) is 0 Å². The number of pyridine rings is 1. The number of amides is 1. The van der Waals surface area contributed by atoms with Crippen molar-refractivity contribution in [2.24, 2.45) is 0 Å². The minimum atomic E-state index is -0.134. The highest BCUT2D eigenvalue weighted by atomic mass is 16.5. The largest absolute Gasteiger partial charge is 0.497 e. The summed E-state index contributed by atoms with van der Waals surface area (Å²) in [5.74, 6) is 2.01. The molecule has 0 saturated carbocycles. The first-order chi connectivity index (χ1) is 14.5. The van der Waals surface area contributed by atoms with E-state index in [1.807, 2.05) is 80.6 Å². The molecule has 2 aromatic carbocycles. The van der Waals surface area contributed by atoms with E-state index in [9.17, 15) is 4.79 Å². The van der Waals surface area contributed by atoms with Crippen LogP contribution < -0.4 is 14.4 Å². The first-order valence-electron chi connectivity index (χ1n) is 9.78. The van der Waals surface area contributed by atoms with Crippen molar-refractivity contribution in [3.05, 3.63) is 90.1 Å². The van der Waals surface area contributed by atoms with Gasteiger partial charge in [-0.3, -0.25) is 9.69 Å². The van der Waals surface area contributed by atoms with E-state index in [1.165, 1.54) is 0 Å². The molecule has 0 unspecified atom stereocenters. The van der Waals surface area contributed by atoms with Gasteiger partial charge in [-0.05, 0) is 66.9 Å². The minimum absolute atomic E-state index is 0.0448. The second kappa shape index (κ2) is 9.74. The predicted molar refractivity (Wildman–Crippen MR) is 120 cm³/mol. The fraction of sp³-hybridized carbons (Fsp3) is 0.200. The molecule has 0 atom stereocenters. The topological polar surface area (TPSA) is 51.7 Å². The first kappa shape index (κ1) is 21.1. The van der Waals surface area contributed by atoms with Gasteiger partial charge >= 0.3 is 0 Å². The molecule has 5 nitrogen and oxygen atoms in total. The molecule has 3 rings (SSSR count). The lowest BCUT2D eigenvalue weighted by Crippen LogP contribution is -2.36. The Labute approximate surface area is 177 Å². The molecule has 0 fully saturated rings. The van der Waals surface area contributed by atoms with E-state index < -0.39 is 0 Å². The molecule has 1 heterocycles. The lowest BCUT2D eigenvalue weighted by molar-refractivity contribution is -0.114. The van der Waals surface area contributed by atoms with E-state index in [0.717, 1.165) is 28.2 Å². The molecule has 3 aromatic rings. The van der Waals surface area contributed by atoms with E-state index in [2.05, 4.69) is 4.98 Å². The molecular formula is C25H26N2O3. The molecular weight excluding hydrogens is 376 g/mol. The average molecular weight is 402 g/mol. The van der Waals surface area contributed by atoms with Crippen molar-refractivity contribution < 1.29 is 14.3 Å². The van der Waals surface area contributed by atoms with Crippen molar-refractivity contribution in [1.29, 1.82) is 0 Å². The molecule has 0 bridgehead atoms. The SMILES string of the molecule is COc1ccc(C(=CC(=O)N(c2ccccn2)C(C)C)c2ccc(OC)cc2)cc1. The van der Waals surface area contributed by atoms with Gasteiger partial charge in [-0.25, -0.2) is 4.98 Å². The van der Waals surface area contributed by atoms with Crippen LogP contribution in [0.2, 0.25) is 0 Å². The maximum Gasteiger partial charge on any atom is 0.253 e. The average Bonchev–Trinajstić information content (AvgIpc) is 2.78. The minimum Gasteiger partial charge on any atom is -0.497 e. The number of ether oxygens (including phenoxy) is 2. The third-order valence-electron chi connectivity index (χ3n) is 4.72. The lowest BCUT2D eigenvalue weighted by atomic mass is 9.97.